The molecule has 0 bridgehead atoms. The number of hydrogen-bond donors (Lipinski definition) is 2. The number of nitrogens with zero attached hydrogens (tertiary/aromatic N) is 2. The molecule has 2 aromatic rings. The second-order valence-electron chi connectivity index (χ2n) is 6.65. The standard InChI is InChI=1S/C18H18BN3O5/c1-10-15(6-5-11-9-26-19(25)17(10)11)27-16-8-20-13(7-21-16)18(24)22-12-3-2-4-14(12)23/h5-8,12,25H,2-4,9H2,1H3,(H,22,24)/t12-/m1/s1. The first-order chi connectivity index (χ1) is 13.0. The third-order valence-electron chi connectivity index (χ3n) is 4.88. The number of carbonyl (C=O) groups excluding carboxylic acids is 2. The minimum Gasteiger partial charge on any atom is -0.437 e. The molecule has 1 fully saturated rings. The summed E-state index contributed by atoms with van der Waals surface area (Å²) in [5, 5.41) is 12.6. The number of ether oxygens (including phenoxy) is 1. The van der Waals surface area contributed by atoms with Gasteiger partial charge in [-0.05, 0) is 42.4 Å². The van der Waals surface area contributed by atoms with Crippen LogP contribution in [0.25, 0.3) is 0 Å². The topological polar surface area (TPSA) is 111 Å². The molecule has 0 unspecified atom stereocenters. The van der Waals surface area contributed by atoms with Gasteiger partial charge in [0.25, 0.3) is 5.91 Å². The van der Waals surface area contributed by atoms with E-state index in [0.29, 0.717) is 30.7 Å². The maximum Gasteiger partial charge on any atom is 0.492 e. The Hall–Kier alpha value is -2.78. The van der Waals surface area contributed by atoms with E-state index >= 15 is 0 Å². The van der Waals surface area contributed by atoms with Crippen LogP contribution in [0.1, 0.15) is 40.9 Å². The summed E-state index contributed by atoms with van der Waals surface area (Å²) < 4.78 is 11.0. The SMILES string of the molecule is Cc1c(Oc2cnc(C(=O)N[C@@H]3CCCC3=O)cn2)ccc2c1B(O)OC2. The maximum absolute atomic E-state index is 12.2. The molecule has 27 heavy (non-hydrogen) atoms. The second kappa shape index (κ2) is 7.09. The Kier molecular flexibility index (Phi) is 4.63. The summed E-state index contributed by atoms with van der Waals surface area (Å²) in [6, 6.07) is 3.18. The zero-order chi connectivity index (χ0) is 19.0. The number of amides is 1. The largest absolute Gasteiger partial charge is 0.492 e. The number of Topliss-reactive ketones (excluding diaryl/α,β-unsaturated/α-hetero) is 1. The predicted molar refractivity (Wildman–Crippen MR) is 95.8 cm³/mol. The molecule has 1 aromatic heterocycles. The van der Waals surface area contributed by atoms with Crippen LogP contribution in [-0.4, -0.2) is 39.8 Å². The molecule has 1 saturated carbocycles. The smallest absolute Gasteiger partial charge is 0.437 e. The van der Waals surface area contributed by atoms with E-state index in [2.05, 4.69) is 15.3 Å². The third kappa shape index (κ3) is 3.43. The van der Waals surface area contributed by atoms with Crippen LogP contribution in [0, 0.1) is 6.92 Å². The molecule has 0 spiro atoms. The van der Waals surface area contributed by atoms with E-state index in [1.165, 1.54) is 12.4 Å². The second-order valence-corrected chi connectivity index (χ2v) is 6.65. The maximum atomic E-state index is 12.2. The van der Waals surface area contributed by atoms with Crippen LogP contribution >= 0.6 is 0 Å². The van der Waals surface area contributed by atoms with Crippen LogP contribution in [0.2, 0.25) is 0 Å². The van der Waals surface area contributed by atoms with E-state index in [1.54, 1.807) is 6.07 Å². The Morgan fingerprint density at radius 3 is 2.93 bits per heavy atom. The van der Waals surface area contributed by atoms with Gasteiger partial charge < -0.3 is 19.7 Å². The quantitative estimate of drug-likeness (QED) is 0.764. The Labute approximate surface area is 156 Å². The Morgan fingerprint density at radius 1 is 1.37 bits per heavy atom. The molecule has 2 aliphatic rings. The fraction of sp³-hybridized carbons (Fsp3) is 0.333. The number of benzene rings is 1. The van der Waals surface area contributed by atoms with Gasteiger partial charge in [0.15, 0.2) is 5.78 Å². The number of aromatic nitrogens is 2. The molecule has 1 atom stereocenters. The van der Waals surface area contributed by atoms with Crippen molar-refractivity contribution in [2.45, 2.75) is 38.8 Å². The Balaban J connectivity index is 1.46. The van der Waals surface area contributed by atoms with E-state index < -0.39 is 19.1 Å². The average molecular weight is 367 g/mol. The fourth-order valence-electron chi connectivity index (χ4n) is 3.40. The lowest BCUT2D eigenvalue weighted by Crippen LogP contribution is -2.37. The molecule has 0 saturated heterocycles. The average Bonchev–Trinajstić information content (AvgIpc) is 3.24. The van der Waals surface area contributed by atoms with E-state index in [1.807, 2.05) is 13.0 Å². The molecule has 1 aliphatic heterocycles. The molecule has 0 radical (unpaired) electrons. The van der Waals surface area contributed by atoms with Crippen molar-refractivity contribution < 1.29 is 24.0 Å². The highest BCUT2D eigenvalue weighted by Gasteiger charge is 2.30. The van der Waals surface area contributed by atoms with Crippen molar-refractivity contribution in [2.75, 3.05) is 0 Å². The van der Waals surface area contributed by atoms with Crippen molar-refractivity contribution in [3.63, 3.8) is 0 Å². The van der Waals surface area contributed by atoms with Gasteiger partial charge in [-0.15, -0.1) is 0 Å². The lowest BCUT2D eigenvalue weighted by atomic mass is 9.76. The van der Waals surface area contributed by atoms with E-state index in [4.69, 9.17) is 9.39 Å². The van der Waals surface area contributed by atoms with Crippen LogP contribution < -0.4 is 15.5 Å². The van der Waals surface area contributed by atoms with Crippen molar-refractivity contribution in [2.24, 2.45) is 0 Å². The molecule has 9 heteroatoms. The first-order valence-corrected chi connectivity index (χ1v) is 8.78. The van der Waals surface area contributed by atoms with Crippen molar-refractivity contribution in [1.82, 2.24) is 15.3 Å². The van der Waals surface area contributed by atoms with Gasteiger partial charge in [0, 0.05) is 6.42 Å². The zero-order valence-electron chi connectivity index (χ0n) is 14.8. The summed E-state index contributed by atoms with van der Waals surface area (Å²) in [7, 11) is -0.959. The number of fused-ring (bicyclic) bond motifs is 1. The molecule has 1 aromatic carbocycles. The van der Waals surface area contributed by atoms with Crippen molar-refractivity contribution >= 4 is 24.3 Å². The van der Waals surface area contributed by atoms with Crippen LogP contribution in [-0.2, 0) is 16.1 Å². The van der Waals surface area contributed by atoms with Gasteiger partial charge in [-0.2, -0.15) is 0 Å². The normalized spacial score (nSPS) is 18.5. The summed E-state index contributed by atoms with van der Waals surface area (Å²) in [5.41, 5.74) is 2.52. The first-order valence-electron chi connectivity index (χ1n) is 8.78. The third-order valence-corrected chi connectivity index (χ3v) is 4.88. The number of hydrogen-bond acceptors (Lipinski definition) is 7. The van der Waals surface area contributed by atoms with E-state index in [0.717, 1.165) is 17.5 Å². The highest BCUT2D eigenvalue weighted by molar-refractivity contribution is 6.62. The fourth-order valence-corrected chi connectivity index (χ4v) is 3.40. The summed E-state index contributed by atoms with van der Waals surface area (Å²) in [6.45, 7) is 2.20. The van der Waals surface area contributed by atoms with Crippen LogP contribution in [0.5, 0.6) is 11.6 Å². The lowest BCUT2D eigenvalue weighted by molar-refractivity contribution is -0.118. The van der Waals surface area contributed by atoms with E-state index in [-0.39, 0.29) is 17.4 Å². The predicted octanol–water partition coefficient (Wildman–Crippen LogP) is 0.646. The summed E-state index contributed by atoms with van der Waals surface area (Å²) in [4.78, 5) is 32.0. The summed E-state index contributed by atoms with van der Waals surface area (Å²) in [6.07, 6.45) is 4.62. The molecule has 2 heterocycles. The number of nitrogens with one attached hydrogen (secondary N) is 1. The van der Waals surface area contributed by atoms with Crippen LogP contribution in [0.4, 0.5) is 0 Å². The van der Waals surface area contributed by atoms with Crippen LogP contribution in [0.15, 0.2) is 24.5 Å². The van der Waals surface area contributed by atoms with Crippen LogP contribution in [0.3, 0.4) is 0 Å². The molecular formula is C18H18BN3O5. The molecule has 138 valence electrons. The number of rotatable bonds is 4. The molecule has 8 nitrogen and oxygen atoms in total. The van der Waals surface area contributed by atoms with Crippen molar-refractivity contribution in [3.05, 3.63) is 41.3 Å². The summed E-state index contributed by atoms with van der Waals surface area (Å²) >= 11 is 0. The van der Waals surface area contributed by atoms with Gasteiger partial charge in [-0.1, -0.05) is 6.07 Å². The lowest BCUT2D eigenvalue weighted by Gasteiger charge is -2.12. The van der Waals surface area contributed by atoms with Crippen molar-refractivity contribution in [3.8, 4) is 11.6 Å². The molecular weight excluding hydrogens is 349 g/mol. The highest BCUT2D eigenvalue weighted by atomic mass is 16.5. The zero-order valence-corrected chi connectivity index (χ0v) is 14.8. The molecule has 2 N–H and O–H groups in total. The Bertz CT molecular complexity index is 903. The Morgan fingerprint density at radius 2 is 2.22 bits per heavy atom. The minimum absolute atomic E-state index is 0.0505. The highest BCUT2D eigenvalue weighted by Crippen LogP contribution is 2.25. The molecule has 1 aliphatic carbocycles. The van der Waals surface area contributed by atoms with Gasteiger partial charge in [-0.3, -0.25) is 9.59 Å². The molecule has 4 rings (SSSR count). The van der Waals surface area contributed by atoms with Gasteiger partial charge in [0.05, 0.1) is 25.0 Å². The first kappa shape index (κ1) is 17.6. The van der Waals surface area contributed by atoms with E-state index in [9.17, 15) is 14.6 Å². The minimum atomic E-state index is -0.959. The summed E-state index contributed by atoms with van der Waals surface area (Å²) in [5.74, 6) is 0.374. The monoisotopic (exact) mass is 367 g/mol. The number of ketones is 1. The van der Waals surface area contributed by atoms with Gasteiger partial charge in [-0.25, -0.2) is 9.97 Å². The van der Waals surface area contributed by atoms with Crippen molar-refractivity contribution in [1.29, 1.82) is 0 Å². The van der Waals surface area contributed by atoms with Gasteiger partial charge in [0.2, 0.25) is 5.88 Å². The van der Waals surface area contributed by atoms with Gasteiger partial charge in [0.1, 0.15) is 11.4 Å². The molecule has 1 amide bonds. The number of carbonyl (C=O) groups is 2. The van der Waals surface area contributed by atoms with Gasteiger partial charge >= 0.3 is 7.12 Å².